The predicted octanol–water partition coefficient (Wildman–Crippen LogP) is -0.923. The van der Waals surface area contributed by atoms with Crippen molar-refractivity contribution in [3.8, 4) is 0 Å². The van der Waals surface area contributed by atoms with E-state index in [2.05, 4.69) is 5.32 Å². The Morgan fingerprint density at radius 2 is 2.17 bits per heavy atom. The molecular formula is C6H12F2N2O2. The number of hydrogen-bond donors (Lipinski definition) is 3. The first kappa shape index (κ1) is 11.2. The van der Waals surface area contributed by atoms with Crippen LogP contribution in [0.15, 0.2) is 0 Å². The highest BCUT2D eigenvalue weighted by Gasteiger charge is 2.15. The van der Waals surface area contributed by atoms with E-state index in [-0.39, 0.29) is 19.5 Å². The molecule has 0 saturated carbocycles. The molecule has 0 aliphatic carbocycles. The Morgan fingerprint density at radius 3 is 2.58 bits per heavy atom. The molecule has 0 rings (SSSR count). The summed E-state index contributed by atoms with van der Waals surface area (Å²) >= 11 is 0. The number of amides is 1. The zero-order valence-corrected chi connectivity index (χ0v) is 6.46. The molecule has 1 unspecified atom stereocenters. The van der Waals surface area contributed by atoms with Crippen molar-refractivity contribution < 1.29 is 18.7 Å². The first-order valence-electron chi connectivity index (χ1n) is 3.49. The van der Waals surface area contributed by atoms with Crippen LogP contribution in [0.1, 0.15) is 6.42 Å². The second-order valence-corrected chi connectivity index (χ2v) is 2.32. The summed E-state index contributed by atoms with van der Waals surface area (Å²) in [7, 11) is 0. The van der Waals surface area contributed by atoms with Gasteiger partial charge < -0.3 is 16.2 Å². The van der Waals surface area contributed by atoms with E-state index >= 15 is 0 Å². The highest BCUT2D eigenvalue weighted by atomic mass is 19.3. The SMILES string of the molecule is NC(=O)CCNCC(O)C(F)F. The van der Waals surface area contributed by atoms with Crippen molar-refractivity contribution in [2.45, 2.75) is 19.0 Å². The van der Waals surface area contributed by atoms with Crippen LogP contribution in [-0.2, 0) is 4.79 Å². The molecule has 0 saturated heterocycles. The van der Waals surface area contributed by atoms with Gasteiger partial charge in [0.1, 0.15) is 6.10 Å². The van der Waals surface area contributed by atoms with Crippen LogP contribution in [0.3, 0.4) is 0 Å². The lowest BCUT2D eigenvalue weighted by atomic mass is 10.3. The van der Waals surface area contributed by atoms with E-state index in [4.69, 9.17) is 10.8 Å². The highest BCUT2D eigenvalue weighted by molar-refractivity contribution is 5.73. The molecule has 0 aromatic rings. The normalized spacial score (nSPS) is 13.3. The summed E-state index contributed by atoms with van der Waals surface area (Å²) in [6.45, 7) is -0.0237. The highest BCUT2D eigenvalue weighted by Crippen LogP contribution is 1.97. The molecule has 4 N–H and O–H groups in total. The van der Waals surface area contributed by atoms with Crippen molar-refractivity contribution in [2.24, 2.45) is 5.73 Å². The summed E-state index contributed by atoms with van der Waals surface area (Å²) < 4.78 is 23.3. The lowest BCUT2D eigenvalue weighted by Crippen LogP contribution is -2.33. The Bertz CT molecular complexity index is 144. The van der Waals surface area contributed by atoms with Crippen molar-refractivity contribution >= 4 is 5.91 Å². The number of halogens is 2. The van der Waals surface area contributed by atoms with E-state index in [1.54, 1.807) is 0 Å². The molecule has 0 aliphatic rings. The maximum Gasteiger partial charge on any atom is 0.265 e. The van der Waals surface area contributed by atoms with Crippen molar-refractivity contribution in [2.75, 3.05) is 13.1 Å². The van der Waals surface area contributed by atoms with E-state index in [0.717, 1.165) is 0 Å². The van der Waals surface area contributed by atoms with Gasteiger partial charge in [0.25, 0.3) is 6.43 Å². The van der Waals surface area contributed by atoms with Crippen molar-refractivity contribution in [3.05, 3.63) is 0 Å². The van der Waals surface area contributed by atoms with Crippen LogP contribution in [0.4, 0.5) is 8.78 Å². The molecule has 72 valence electrons. The number of aliphatic hydroxyl groups is 1. The van der Waals surface area contributed by atoms with Gasteiger partial charge in [-0.05, 0) is 0 Å². The summed E-state index contributed by atoms with van der Waals surface area (Å²) in [5, 5.41) is 11.0. The van der Waals surface area contributed by atoms with Gasteiger partial charge in [-0.2, -0.15) is 0 Å². The van der Waals surface area contributed by atoms with Gasteiger partial charge >= 0.3 is 0 Å². The molecule has 0 fully saturated rings. The monoisotopic (exact) mass is 182 g/mol. The van der Waals surface area contributed by atoms with Crippen LogP contribution >= 0.6 is 0 Å². The summed E-state index contributed by atoms with van der Waals surface area (Å²) in [6.07, 6.45) is -4.36. The lowest BCUT2D eigenvalue weighted by Gasteiger charge is -2.09. The van der Waals surface area contributed by atoms with Gasteiger partial charge in [0.15, 0.2) is 0 Å². The zero-order chi connectivity index (χ0) is 9.56. The minimum absolute atomic E-state index is 0.0793. The van der Waals surface area contributed by atoms with E-state index in [1.807, 2.05) is 0 Å². The quantitative estimate of drug-likeness (QED) is 0.465. The minimum Gasteiger partial charge on any atom is -0.386 e. The van der Waals surface area contributed by atoms with Crippen LogP contribution in [0.2, 0.25) is 0 Å². The van der Waals surface area contributed by atoms with E-state index in [9.17, 15) is 13.6 Å². The first-order valence-corrected chi connectivity index (χ1v) is 3.49. The molecule has 0 radical (unpaired) electrons. The Balaban J connectivity index is 3.25. The Hall–Kier alpha value is -0.750. The molecule has 0 bridgehead atoms. The number of alkyl halides is 2. The summed E-state index contributed by atoms with van der Waals surface area (Å²) in [5.41, 5.74) is 4.78. The Kier molecular flexibility index (Phi) is 5.48. The van der Waals surface area contributed by atoms with Crippen molar-refractivity contribution in [1.82, 2.24) is 5.32 Å². The van der Waals surface area contributed by atoms with Gasteiger partial charge in [-0.25, -0.2) is 8.78 Å². The average molecular weight is 182 g/mol. The number of primary amides is 1. The number of carbonyl (C=O) groups is 1. The van der Waals surface area contributed by atoms with Crippen LogP contribution in [-0.4, -0.2) is 36.6 Å². The van der Waals surface area contributed by atoms with Crippen LogP contribution < -0.4 is 11.1 Å². The first-order chi connectivity index (χ1) is 5.54. The summed E-state index contributed by atoms with van der Waals surface area (Å²) in [4.78, 5) is 10.1. The van der Waals surface area contributed by atoms with Crippen molar-refractivity contribution in [1.29, 1.82) is 0 Å². The molecule has 12 heavy (non-hydrogen) atoms. The molecule has 4 nitrogen and oxygen atoms in total. The topological polar surface area (TPSA) is 75.4 Å². The number of nitrogens with one attached hydrogen (secondary N) is 1. The third-order valence-electron chi connectivity index (χ3n) is 1.19. The zero-order valence-electron chi connectivity index (χ0n) is 6.46. The van der Waals surface area contributed by atoms with Crippen LogP contribution in [0, 0.1) is 0 Å². The van der Waals surface area contributed by atoms with Gasteiger partial charge in [0.2, 0.25) is 5.91 Å². The molecule has 0 aliphatic heterocycles. The van der Waals surface area contributed by atoms with Crippen LogP contribution in [0.5, 0.6) is 0 Å². The van der Waals surface area contributed by atoms with E-state index < -0.39 is 18.4 Å². The molecule has 1 amide bonds. The van der Waals surface area contributed by atoms with Gasteiger partial charge in [0.05, 0.1) is 0 Å². The maximum absolute atomic E-state index is 11.6. The molecule has 6 heteroatoms. The summed E-state index contributed by atoms with van der Waals surface area (Å²) in [5.74, 6) is -0.506. The van der Waals surface area contributed by atoms with Gasteiger partial charge in [-0.15, -0.1) is 0 Å². The number of carbonyl (C=O) groups excluding carboxylic acids is 1. The fraction of sp³-hybridized carbons (Fsp3) is 0.833. The fourth-order valence-electron chi connectivity index (χ4n) is 0.551. The second-order valence-electron chi connectivity index (χ2n) is 2.32. The van der Waals surface area contributed by atoms with E-state index in [0.29, 0.717) is 0 Å². The molecular weight excluding hydrogens is 170 g/mol. The van der Waals surface area contributed by atoms with Gasteiger partial charge in [-0.3, -0.25) is 4.79 Å². The maximum atomic E-state index is 11.6. The molecule has 0 heterocycles. The number of hydrogen-bond acceptors (Lipinski definition) is 3. The lowest BCUT2D eigenvalue weighted by molar-refractivity contribution is -0.117. The number of nitrogens with two attached hydrogens (primary N) is 1. The number of rotatable bonds is 6. The molecule has 1 atom stereocenters. The van der Waals surface area contributed by atoms with Crippen molar-refractivity contribution in [3.63, 3.8) is 0 Å². The third-order valence-corrected chi connectivity index (χ3v) is 1.19. The molecule has 0 spiro atoms. The third kappa shape index (κ3) is 5.99. The second kappa shape index (κ2) is 5.84. The predicted molar refractivity (Wildman–Crippen MR) is 38.7 cm³/mol. The smallest absolute Gasteiger partial charge is 0.265 e. The Morgan fingerprint density at radius 1 is 1.58 bits per heavy atom. The molecule has 0 aromatic heterocycles. The largest absolute Gasteiger partial charge is 0.386 e. The Labute approximate surface area is 68.7 Å². The van der Waals surface area contributed by atoms with Gasteiger partial charge in [0, 0.05) is 19.5 Å². The standard InChI is InChI=1S/C6H12F2N2O2/c7-6(8)4(11)3-10-2-1-5(9)12/h4,6,10-11H,1-3H2,(H2,9,12). The number of aliphatic hydroxyl groups excluding tert-OH is 1. The average Bonchev–Trinajstić information content (AvgIpc) is 1.97. The van der Waals surface area contributed by atoms with E-state index in [1.165, 1.54) is 0 Å². The minimum atomic E-state index is -2.76. The summed E-state index contributed by atoms with van der Waals surface area (Å²) in [6, 6.07) is 0. The van der Waals surface area contributed by atoms with Crippen LogP contribution in [0.25, 0.3) is 0 Å². The fourth-order valence-corrected chi connectivity index (χ4v) is 0.551. The van der Waals surface area contributed by atoms with Gasteiger partial charge in [-0.1, -0.05) is 0 Å². The molecule has 0 aromatic carbocycles.